The molecule has 0 aromatic carbocycles. The highest BCUT2D eigenvalue weighted by atomic mass is 31.3. The first-order chi connectivity index (χ1) is 14.2. The van der Waals surface area contributed by atoms with Gasteiger partial charge in [-0.1, -0.05) is 0 Å². The Bertz CT molecular complexity index is 1110. The average molecular weight is 509 g/mol. The molecule has 174 valence electrons. The number of alkyl halides is 1. The fourth-order valence-corrected chi connectivity index (χ4v) is 5.92. The van der Waals surface area contributed by atoms with Crippen molar-refractivity contribution >= 4 is 40.4 Å². The predicted molar refractivity (Wildman–Crippen MR) is 94.4 cm³/mol. The monoisotopic (exact) mass is 509 g/mol. The number of anilines is 1. The molecule has 0 saturated carbocycles. The van der Waals surface area contributed by atoms with E-state index in [1.54, 1.807) is 0 Å². The number of halogens is 1. The van der Waals surface area contributed by atoms with E-state index in [0.29, 0.717) is 0 Å². The van der Waals surface area contributed by atoms with Crippen molar-refractivity contribution in [1.29, 1.82) is 0 Å². The number of hydrogen-bond acceptors (Lipinski definition) is 12. The van der Waals surface area contributed by atoms with Gasteiger partial charge in [-0.15, -0.1) is 0 Å². The number of nitrogens with two attached hydrogens (primary N) is 1. The molecule has 0 radical (unpaired) electrons. The largest absolute Gasteiger partial charge is 0.490 e. The summed E-state index contributed by atoms with van der Waals surface area (Å²) < 4.78 is 67.1. The lowest BCUT2D eigenvalue weighted by Crippen LogP contribution is -2.33. The van der Waals surface area contributed by atoms with Gasteiger partial charge >= 0.3 is 23.5 Å². The first-order valence-corrected chi connectivity index (χ1v) is 12.4. The van der Waals surface area contributed by atoms with E-state index in [1.165, 1.54) is 0 Å². The molecule has 0 bridgehead atoms. The van der Waals surface area contributed by atoms with Crippen molar-refractivity contribution in [3.63, 3.8) is 0 Å². The van der Waals surface area contributed by atoms with Crippen molar-refractivity contribution in [2.45, 2.75) is 24.6 Å². The van der Waals surface area contributed by atoms with E-state index in [1.807, 2.05) is 0 Å². The number of imidazole rings is 1. The Morgan fingerprint density at radius 2 is 1.81 bits per heavy atom. The summed E-state index contributed by atoms with van der Waals surface area (Å²) in [5.74, 6) is -0.0272. The lowest BCUT2D eigenvalue weighted by Gasteiger charge is -2.22. The first-order valence-electron chi connectivity index (χ1n) is 7.88. The lowest BCUT2D eigenvalue weighted by molar-refractivity contribution is -0.0454. The molecule has 2 unspecified atom stereocenters. The summed E-state index contributed by atoms with van der Waals surface area (Å²) in [6, 6.07) is 0. The van der Waals surface area contributed by atoms with Gasteiger partial charge in [0.2, 0.25) is 0 Å². The van der Waals surface area contributed by atoms with Crippen LogP contribution in [0.2, 0.25) is 0 Å². The van der Waals surface area contributed by atoms with Gasteiger partial charge in [0.15, 0.2) is 23.9 Å². The van der Waals surface area contributed by atoms with E-state index >= 15 is 4.39 Å². The second kappa shape index (κ2) is 8.51. The molecule has 3 rings (SSSR count). The number of hydrogen-bond donors (Lipinski definition) is 6. The SMILES string of the molecule is Nc1ncnc2c1ncn2[C@@H]1O[C@H](CO)[C@@H](OP(=O)(O)OP(=O)(O)OP(=O)(O)O)[C@H]1F. The van der Waals surface area contributed by atoms with E-state index in [2.05, 4.69) is 28.1 Å². The molecule has 2 aromatic rings. The molecule has 1 aliphatic heterocycles. The van der Waals surface area contributed by atoms with Crippen molar-refractivity contribution in [2.24, 2.45) is 0 Å². The van der Waals surface area contributed by atoms with Crippen LogP contribution in [0.25, 0.3) is 11.2 Å². The van der Waals surface area contributed by atoms with E-state index in [-0.39, 0.29) is 17.0 Å². The molecular formula is C10H15FN5O12P3. The van der Waals surface area contributed by atoms with E-state index in [0.717, 1.165) is 17.2 Å². The zero-order valence-corrected chi connectivity index (χ0v) is 17.5. The van der Waals surface area contributed by atoms with Crippen LogP contribution in [0.5, 0.6) is 0 Å². The zero-order chi connectivity index (χ0) is 23.2. The van der Waals surface area contributed by atoms with E-state index in [9.17, 15) is 28.6 Å². The minimum Gasteiger partial charge on any atom is -0.394 e. The number of aliphatic hydroxyl groups excluding tert-OH is 1. The molecule has 2 aromatic heterocycles. The second-order valence-electron chi connectivity index (χ2n) is 5.94. The fraction of sp³-hybridized carbons (Fsp3) is 0.500. The summed E-state index contributed by atoms with van der Waals surface area (Å²) in [5.41, 5.74) is 5.76. The van der Waals surface area contributed by atoms with Crippen molar-refractivity contribution in [1.82, 2.24) is 19.5 Å². The normalized spacial score (nSPS) is 28.5. The molecule has 1 aliphatic rings. The molecule has 0 aliphatic carbocycles. The molecule has 1 fully saturated rings. The van der Waals surface area contributed by atoms with Gasteiger partial charge in [0.05, 0.1) is 12.9 Å². The smallest absolute Gasteiger partial charge is 0.394 e. The van der Waals surface area contributed by atoms with Crippen LogP contribution in [0.4, 0.5) is 10.2 Å². The van der Waals surface area contributed by atoms with Crippen LogP contribution >= 0.6 is 23.5 Å². The number of phosphoric acid groups is 3. The van der Waals surface area contributed by atoms with Gasteiger partial charge in [0.1, 0.15) is 24.1 Å². The quantitative estimate of drug-likeness (QED) is 0.241. The number of nitrogens with zero attached hydrogens (tertiary/aromatic N) is 4. The van der Waals surface area contributed by atoms with Crippen LogP contribution in [-0.4, -0.2) is 69.2 Å². The van der Waals surface area contributed by atoms with Gasteiger partial charge in [-0.3, -0.25) is 9.09 Å². The third-order valence-corrected chi connectivity index (χ3v) is 7.62. The highest BCUT2D eigenvalue weighted by molar-refractivity contribution is 7.66. The molecule has 7 N–H and O–H groups in total. The Hall–Kier alpha value is -1.39. The third kappa shape index (κ3) is 5.51. The zero-order valence-electron chi connectivity index (χ0n) is 14.9. The van der Waals surface area contributed by atoms with Gasteiger partial charge in [0, 0.05) is 0 Å². The number of fused-ring (bicyclic) bond motifs is 1. The van der Waals surface area contributed by atoms with Crippen molar-refractivity contribution in [3.05, 3.63) is 12.7 Å². The summed E-state index contributed by atoms with van der Waals surface area (Å²) in [4.78, 5) is 47.4. The summed E-state index contributed by atoms with van der Waals surface area (Å²) in [6.45, 7) is -0.929. The molecule has 17 nitrogen and oxygen atoms in total. The molecule has 0 amide bonds. The molecule has 6 atom stereocenters. The highest BCUT2D eigenvalue weighted by Gasteiger charge is 2.52. The maximum absolute atomic E-state index is 15.1. The third-order valence-electron chi connectivity index (χ3n) is 3.78. The fourth-order valence-electron chi connectivity index (χ4n) is 2.70. The van der Waals surface area contributed by atoms with Gasteiger partial charge < -0.3 is 35.2 Å². The minimum absolute atomic E-state index is 0.0239. The summed E-state index contributed by atoms with van der Waals surface area (Å²) in [6.07, 6.45) is -5.39. The van der Waals surface area contributed by atoms with Gasteiger partial charge in [-0.25, -0.2) is 33.0 Å². The summed E-state index contributed by atoms with van der Waals surface area (Å²) in [5, 5.41) is 9.42. The Morgan fingerprint density at radius 1 is 1.13 bits per heavy atom. The van der Waals surface area contributed by atoms with Crippen LogP contribution in [0.1, 0.15) is 6.23 Å². The Balaban J connectivity index is 1.83. The topological polar surface area (TPSA) is 259 Å². The molecule has 3 heterocycles. The second-order valence-corrected chi connectivity index (χ2v) is 10.3. The number of ether oxygens (including phenoxy) is 1. The molecule has 21 heteroatoms. The minimum atomic E-state index is -5.81. The van der Waals surface area contributed by atoms with Crippen molar-refractivity contribution in [2.75, 3.05) is 12.3 Å². The molecule has 0 spiro atoms. The summed E-state index contributed by atoms with van der Waals surface area (Å²) >= 11 is 0. The van der Waals surface area contributed by atoms with Crippen molar-refractivity contribution in [3.8, 4) is 0 Å². The Kier molecular flexibility index (Phi) is 6.66. The van der Waals surface area contributed by atoms with Crippen LogP contribution in [0.15, 0.2) is 12.7 Å². The van der Waals surface area contributed by atoms with Gasteiger partial charge in [-0.05, 0) is 0 Å². The maximum Gasteiger partial charge on any atom is 0.490 e. The van der Waals surface area contributed by atoms with Crippen LogP contribution in [0, 0.1) is 0 Å². The average Bonchev–Trinajstić information content (AvgIpc) is 3.14. The predicted octanol–water partition coefficient (Wildman–Crippen LogP) is -0.652. The number of aliphatic hydroxyl groups is 1. The standard InChI is InChI=1S/C10H15FN5O12P3/c11-5-7(26-30(21,22)28-31(23,24)27-29(18,19)20)4(1-17)25-10(5)16-3-15-6-8(12)13-2-14-9(6)16/h2-5,7,10,17H,1H2,(H,21,22)(H,23,24)(H2,12,13,14)(H2,18,19,20)/t4-,5-,7-,10-/m1/s1. The van der Waals surface area contributed by atoms with E-state index in [4.69, 9.17) is 20.3 Å². The van der Waals surface area contributed by atoms with E-state index < -0.39 is 54.7 Å². The number of nitrogen functional groups attached to an aromatic ring is 1. The maximum atomic E-state index is 15.1. The Labute approximate surface area is 171 Å². The molecule has 31 heavy (non-hydrogen) atoms. The Morgan fingerprint density at radius 3 is 2.42 bits per heavy atom. The van der Waals surface area contributed by atoms with Gasteiger partial charge in [0.25, 0.3) is 0 Å². The molecule has 1 saturated heterocycles. The lowest BCUT2D eigenvalue weighted by atomic mass is 10.1. The van der Waals surface area contributed by atoms with Crippen LogP contribution < -0.4 is 5.73 Å². The first kappa shape index (κ1) is 24.3. The van der Waals surface area contributed by atoms with Crippen molar-refractivity contribution < 1.29 is 60.6 Å². The number of rotatable bonds is 8. The summed E-state index contributed by atoms with van der Waals surface area (Å²) in [7, 11) is -17.1. The number of phosphoric ester groups is 1. The molecular weight excluding hydrogens is 494 g/mol. The van der Waals surface area contributed by atoms with Gasteiger partial charge in [-0.2, -0.15) is 8.62 Å². The van der Waals surface area contributed by atoms with Crippen LogP contribution in [-0.2, 0) is 31.6 Å². The highest BCUT2D eigenvalue weighted by Crippen LogP contribution is 2.67. The van der Waals surface area contributed by atoms with Crippen LogP contribution in [0.3, 0.4) is 0 Å². The number of aromatic nitrogens is 4.